The molecule has 0 heterocycles. The Hall–Kier alpha value is -1.84. The number of hydrogen-bond donors (Lipinski definition) is 1. The van der Waals surface area contributed by atoms with Gasteiger partial charge in [0.25, 0.3) is 0 Å². The molecule has 1 aromatic rings. The van der Waals surface area contributed by atoms with Crippen LogP contribution in [0.2, 0.25) is 0 Å². The van der Waals surface area contributed by atoms with Gasteiger partial charge in [0.2, 0.25) is 0 Å². The number of nitrogens with zero attached hydrogens (tertiary/aromatic N) is 1. The molecule has 1 aromatic carbocycles. The van der Waals surface area contributed by atoms with Crippen LogP contribution in [0.4, 0.5) is 5.69 Å². The Labute approximate surface area is 101 Å². The molecule has 0 fully saturated rings. The van der Waals surface area contributed by atoms with E-state index in [-0.39, 0.29) is 5.56 Å². The van der Waals surface area contributed by atoms with Gasteiger partial charge in [-0.1, -0.05) is 19.9 Å². The van der Waals surface area contributed by atoms with Crippen molar-refractivity contribution in [1.82, 2.24) is 0 Å². The summed E-state index contributed by atoms with van der Waals surface area (Å²) in [5.74, 6) is 0.101. The van der Waals surface area contributed by atoms with Crippen molar-refractivity contribution in [3.63, 3.8) is 0 Å². The first-order valence-corrected chi connectivity index (χ1v) is 5.48. The van der Waals surface area contributed by atoms with Gasteiger partial charge >= 0.3 is 5.97 Å². The number of aliphatic imine (C=N–C) groups is 1. The van der Waals surface area contributed by atoms with Crippen molar-refractivity contribution in [1.29, 1.82) is 0 Å². The van der Waals surface area contributed by atoms with Crippen LogP contribution in [0.5, 0.6) is 0 Å². The Bertz CT molecular complexity index is 424. The first kappa shape index (κ1) is 13.2. The Morgan fingerprint density at radius 3 is 2.71 bits per heavy atom. The van der Waals surface area contributed by atoms with E-state index in [1.54, 1.807) is 19.2 Å². The number of carbonyl (C=O) groups is 1. The highest BCUT2D eigenvalue weighted by molar-refractivity contribution is 5.89. The Balaban J connectivity index is 2.95. The van der Waals surface area contributed by atoms with E-state index in [4.69, 9.17) is 9.84 Å². The number of benzene rings is 1. The van der Waals surface area contributed by atoms with E-state index in [1.807, 2.05) is 0 Å². The van der Waals surface area contributed by atoms with Gasteiger partial charge in [0, 0.05) is 6.42 Å². The maximum absolute atomic E-state index is 10.8. The molecule has 0 saturated heterocycles. The number of carboxylic acid groups (broad SMARTS) is 1. The van der Waals surface area contributed by atoms with E-state index in [0.717, 1.165) is 6.42 Å². The highest BCUT2D eigenvalue weighted by Gasteiger charge is 2.05. The first-order valence-electron chi connectivity index (χ1n) is 5.48. The monoisotopic (exact) mass is 235 g/mol. The van der Waals surface area contributed by atoms with E-state index in [1.165, 1.54) is 12.1 Å². The molecule has 92 valence electrons. The van der Waals surface area contributed by atoms with Crippen molar-refractivity contribution in [3.05, 3.63) is 29.8 Å². The van der Waals surface area contributed by atoms with E-state index in [2.05, 4.69) is 18.8 Å². The van der Waals surface area contributed by atoms with Crippen molar-refractivity contribution in [2.24, 2.45) is 10.9 Å². The van der Waals surface area contributed by atoms with E-state index in [9.17, 15) is 4.79 Å². The second-order valence-corrected chi connectivity index (χ2v) is 4.16. The molecule has 1 rings (SSSR count). The van der Waals surface area contributed by atoms with Gasteiger partial charge in [-0.05, 0) is 24.1 Å². The summed E-state index contributed by atoms with van der Waals surface area (Å²) in [6.45, 7) is 4.14. The van der Waals surface area contributed by atoms with Crippen LogP contribution in [0, 0.1) is 5.92 Å². The molecule has 17 heavy (non-hydrogen) atoms. The third-order valence-electron chi connectivity index (χ3n) is 2.17. The second-order valence-electron chi connectivity index (χ2n) is 4.16. The highest BCUT2D eigenvalue weighted by atomic mass is 16.5. The zero-order chi connectivity index (χ0) is 12.8. The molecule has 0 saturated carbocycles. The molecule has 0 aliphatic carbocycles. The van der Waals surface area contributed by atoms with Crippen molar-refractivity contribution in [3.8, 4) is 0 Å². The highest BCUT2D eigenvalue weighted by Crippen LogP contribution is 2.16. The SMILES string of the molecule is CO/C(CC(C)C)=N/c1cccc(C(=O)O)c1. The van der Waals surface area contributed by atoms with Crippen molar-refractivity contribution >= 4 is 17.6 Å². The second kappa shape index (κ2) is 6.03. The Morgan fingerprint density at radius 2 is 2.18 bits per heavy atom. The minimum atomic E-state index is -0.954. The van der Waals surface area contributed by atoms with Crippen LogP contribution in [0.1, 0.15) is 30.6 Å². The molecule has 1 N–H and O–H groups in total. The standard InChI is InChI=1S/C13H17NO3/c1-9(2)7-12(17-3)14-11-6-4-5-10(8-11)13(15)16/h4-6,8-9H,7H2,1-3H3,(H,15,16)/b14-12+. The molecule has 0 spiro atoms. The van der Waals surface area contributed by atoms with Gasteiger partial charge in [-0.3, -0.25) is 0 Å². The van der Waals surface area contributed by atoms with Crippen LogP contribution in [0.3, 0.4) is 0 Å². The van der Waals surface area contributed by atoms with Crippen LogP contribution in [-0.4, -0.2) is 24.1 Å². The Morgan fingerprint density at radius 1 is 1.47 bits per heavy atom. The molecule has 0 radical (unpaired) electrons. The van der Waals surface area contributed by atoms with Gasteiger partial charge < -0.3 is 9.84 Å². The number of rotatable bonds is 4. The summed E-state index contributed by atoms with van der Waals surface area (Å²) >= 11 is 0. The van der Waals surface area contributed by atoms with Crippen LogP contribution in [0.15, 0.2) is 29.3 Å². The lowest BCUT2D eigenvalue weighted by Crippen LogP contribution is -2.05. The lowest BCUT2D eigenvalue weighted by Gasteiger charge is -2.07. The topological polar surface area (TPSA) is 58.9 Å². The molecule has 0 unspecified atom stereocenters. The van der Waals surface area contributed by atoms with Crippen LogP contribution in [-0.2, 0) is 4.74 Å². The summed E-state index contributed by atoms with van der Waals surface area (Å²) in [5.41, 5.74) is 0.827. The van der Waals surface area contributed by atoms with E-state index < -0.39 is 5.97 Å². The minimum Gasteiger partial charge on any atom is -0.484 e. The molecule has 0 aliphatic rings. The summed E-state index contributed by atoms with van der Waals surface area (Å²) in [5, 5.41) is 8.87. The molecular weight excluding hydrogens is 218 g/mol. The first-order chi connectivity index (χ1) is 8.02. The number of ether oxygens (including phenoxy) is 1. The zero-order valence-electron chi connectivity index (χ0n) is 10.3. The fraction of sp³-hybridized carbons (Fsp3) is 0.385. The van der Waals surface area contributed by atoms with E-state index >= 15 is 0 Å². The van der Waals surface area contributed by atoms with Crippen LogP contribution < -0.4 is 0 Å². The van der Waals surface area contributed by atoms with Gasteiger partial charge in [-0.15, -0.1) is 0 Å². The Kier molecular flexibility index (Phi) is 4.69. The predicted molar refractivity (Wildman–Crippen MR) is 67.0 cm³/mol. The fourth-order valence-electron chi connectivity index (χ4n) is 1.38. The molecule has 0 amide bonds. The average Bonchev–Trinajstić information content (AvgIpc) is 2.28. The molecule has 4 nitrogen and oxygen atoms in total. The fourth-order valence-corrected chi connectivity index (χ4v) is 1.38. The van der Waals surface area contributed by atoms with Crippen molar-refractivity contribution in [2.45, 2.75) is 20.3 Å². The smallest absolute Gasteiger partial charge is 0.335 e. The van der Waals surface area contributed by atoms with Crippen molar-refractivity contribution in [2.75, 3.05) is 7.11 Å². The summed E-state index contributed by atoms with van der Waals surface area (Å²) < 4.78 is 5.17. The molecular formula is C13H17NO3. The van der Waals surface area contributed by atoms with Gasteiger partial charge in [0.05, 0.1) is 18.4 Å². The lowest BCUT2D eigenvalue weighted by molar-refractivity contribution is 0.0697. The molecule has 4 heteroatoms. The maximum Gasteiger partial charge on any atom is 0.335 e. The third-order valence-corrected chi connectivity index (χ3v) is 2.17. The van der Waals surface area contributed by atoms with E-state index in [0.29, 0.717) is 17.5 Å². The number of hydrogen-bond acceptors (Lipinski definition) is 3. The third kappa shape index (κ3) is 4.26. The summed E-state index contributed by atoms with van der Waals surface area (Å²) in [6, 6.07) is 6.49. The summed E-state index contributed by atoms with van der Waals surface area (Å²) in [4.78, 5) is 15.1. The number of methoxy groups -OCH3 is 1. The minimum absolute atomic E-state index is 0.228. The largest absolute Gasteiger partial charge is 0.484 e. The molecule has 0 aliphatic heterocycles. The number of carboxylic acids is 1. The molecule has 0 atom stereocenters. The van der Waals surface area contributed by atoms with Gasteiger partial charge in [-0.2, -0.15) is 0 Å². The quantitative estimate of drug-likeness (QED) is 0.644. The lowest BCUT2D eigenvalue weighted by atomic mass is 10.1. The van der Waals surface area contributed by atoms with Gasteiger partial charge in [-0.25, -0.2) is 9.79 Å². The van der Waals surface area contributed by atoms with Crippen LogP contribution >= 0.6 is 0 Å². The van der Waals surface area contributed by atoms with Crippen LogP contribution in [0.25, 0.3) is 0 Å². The molecule has 0 bridgehead atoms. The summed E-state index contributed by atoms with van der Waals surface area (Å²) in [7, 11) is 1.57. The summed E-state index contributed by atoms with van der Waals surface area (Å²) in [6.07, 6.45) is 0.730. The zero-order valence-corrected chi connectivity index (χ0v) is 10.3. The van der Waals surface area contributed by atoms with Gasteiger partial charge in [0.1, 0.15) is 0 Å². The normalized spacial score (nSPS) is 11.6. The predicted octanol–water partition coefficient (Wildman–Crippen LogP) is 3.11. The maximum atomic E-state index is 10.8. The molecule has 0 aromatic heterocycles. The average molecular weight is 235 g/mol. The number of aromatic carboxylic acids is 1. The van der Waals surface area contributed by atoms with Gasteiger partial charge in [0.15, 0.2) is 5.90 Å². The van der Waals surface area contributed by atoms with Crippen molar-refractivity contribution < 1.29 is 14.6 Å².